The predicted octanol–water partition coefficient (Wildman–Crippen LogP) is 4.33. The van der Waals surface area contributed by atoms with Crippen LogP contribution in [0.25, 0.3) is 17.0 Å². The molecule has 39 heavy (non-hydrogen) atoms. The average Bonchev–Trinajstić information content (AvgIpc) is 3.58. The quantitative estimate of drug-likeness (QED) is 0.135. The van der Waals surface area contributed by atoms with Crippen LogP contribution in [0.3, 0.4) is 0 Å². The third kappa shape index (κ3) is 5.97. The van der Waals surface area contributed by atoms with Gasteiger partial charge in [-0.15, -0.1) is 0 Å². The highest BCUT2D eigenvalue weighted by Crippen LogP contribution is 2.37. The number of hydroxylamine groups is 1. The summed E-state index contributed by atoms with van der Waals surface area (Å²) in [5.41, 5.74) is 8.48. The van der Waals surface area contributed by atoms with Gasteiger partial charge in [0.2, 0.25) is 10.0 Å². The van der Waals surface area contributed by atoms with E-state index in [1.165, 1.54) is 35.2 Å². The molecule has 0 saturated carbocycles. The van der Waals surface area contributed by atoms with E-state index in [-0.39, 0.29) is 10.9 Å². The largest absolute Gasteiger partial charge is 0.361 e. The van der Waals surface area contributed by atoms with E-state index in [0.29, 0.717) is 6.54 Å². The summed E-state index contributed by atoms with van der Waals surface area (Å²) >= 11 is 0. The van der Waals surface area contributed by atoms with Crippen LogP contribution in [0, 0.1) is 0 Å². The van der Waals surface area contributed by atoms with Crippen molar-refractivity contribution >= 4 is 32.9 Å². The lowest BCUT2D eigenvalue weighted by atomic mass is 10.0. The molecule has 3 aromatic carbocycles. The van der Waals surface area contributed by atoms with Crippen molar-refractivity contribution in [2.24, 2.45) is 0 Å². The Morgan fingerprint density at radius 1 is 1.13 bits per heavy atom. The Morgan fingerprint density at radius 3 is 2.69 bits per heavy atom. The molecule has 0 bridgehead atoms. The van der Waals surface area contributed by atoms with Gasteiger partial charge in [-0.1, -0.05) is 48.5 Å². The zero-order valence-electron chi connectivity index (χ0n) is 21.7. The number of carbonyl (C=O) groups excluding carboxylic acids is 1. The van der Waals surface area contributed by atoms with Crippen molar-refractivity contribution < 1.29 is 18.4 Å². The van der Waals surface area contributed by atoms with E-state index in [1.807, 2.05) is 24.3 Å². The summed E-state index contributed by atoms with van der Waals surface area (Å²) in [5, 5.41) is 9.97. The van der Waals surface area contributed by atoms with Gasteiger partial charge in [-0.3, -0.25) is 14.9 Å². The molecule has 4 N–H and O–H groups in total. The lowest BCUT2D eigenvalue weighted by Crippen LogP contribution is -2.29. The maximum absolute atomic E-state index is 12.2. The molecular weight excluding hydrogens is 512 g/mol. The van der Waals surface area contributed by atoms with Gasteiger partial charge in [0.25, 0.3) is 5.91 Å². The fraction of sp³-hybridized carbons (Fsp3) is 0.233. The van der Waals surface area contributed by atoms with Crippen molar-refractivity contribution in [3.05, 3.63) is 107 Å². The molecule has 8 nitrogen and oxygen atoms in total. The van der Waals surface area contributed by atoms with Gasteiger partial charge in [-0.05, 0) is 78.4 Å². The van der Waals surface area contributed by atoms with Crippen LogP contribution in [-0.4, -0.2) is 43.0 Å². The van der Waals surface area contributed by atoms with E-state index in [4.69, 9.17) is 5.21 Å². The zero-order valence-corrected chi connectivity index (χ0v) is 22.5. The minimum Gasteiger partial charge on any atom is -0.361 e. The number of fused-ring (bicyclic) bond motifs is 2. The molecule has 1 aromatic heterocycles. The minimum absolute atomic E-state index is 0.213. The van der Waals surface area contributed by atoms with Gasteiger partial charge in [-0.2, -0.15) is 0 Å². The molecule has 1 aliphatic carbocycles. The van der Waals surface area contributed by atoms with Crippen LogP contribution in [-0.2, 0) is 34.2 Å². The second kappa shape index (κ2) is 11.5. The molecule has 0 spiro atoms. The number of hydrogen-bond acceptors (Lipinski definition) is 5. The molecule has 202 valence electrons. The van der Waals surface area contributed by atoms with Crippen LogP contribution in [0.1, 0.15) is 40.3 Å². The summed E-state index contributed by atoms with van der Waals surface area (Å²) in [6.07, 6.45) is 7.86. The van der Waals surface area contributed by atoms with Crippen molar-refractivity contribution in [3.63, 3.8) is 0 Å². The molecule has 1 amide bonds. The third-order valence-electron chi connectivity index (χ3n) is 7.42. The standard InChI is InChI=1S/C30H32N4O4S/c1-31-39(37,38)25-11-6-22(7-12-25)20-34(17-16-24-19-32-28-5-3-2-4-26(24)28)29-14-10-23-18-21(8-13-27(23)29)9-15-30(35)33-36/h2-9,11-13,15,18-19,29,31-32,36H,10,14,16-17,20H2,1H3,(H,33,35). The molecule has 4 aromatic rings. The van der Waals surface area contributed by atoms with Gasteiger partial charge in [0, 0.05) is 42.3 Å². The van der Waals surface area contributed by atoms with Crippen molar-refractivity contribution in [1.82, 2.24) is 20.1 Å². The first kappa shape index (κ1) is 26.8. The Bertz CT molecular complexity index is 1610. The second-order valence-corrected chi connectivity index (χ2v) is 11.6. The number of aromatic nitrogens is 1. The fourth-order valence-electron chi connectivity index (χ4n) is 5.38. The highest BCUT2D eigenvalue weighted by Gasteiger charge is 2.28. The average molecular weight is 545 g/mol. The van der Waals surface area contributed by atoms with Gasteiger partial charge >= 0.3 is 0 Å². The first-order chi connectivity index (χ1) is 18.9. The van der Waals surface area contributed by atoms with E-state index < -0.39 is 15.9 Å². The van der Waals surface area contributed by atoms with Crippen LogP contribution in [0.15, 0.2) is 83.9 Å². The zero-order chi connectivity index (χ0) is 27.4. The Kier molecular flexibility index (Phi) is 7.94. The maximum Gasteiger partial charge on any atom is 0.267 e. The van der Waals surface area contributed by atoms with Gasteiger partial charge in [0.15, 0.2) is 0 Å². The van der Waals surface area contributed by atoms with Crippen molar-refractivity contribution in [1.29, 1.82) is 0 Å². The summed E-state index contributed by atoms with van der Waals surface area (Å²) in [7, 11) is -2.07. The number of hydrogen-bond donors (Lipinski definition) is 4. The predicted molar refractivity (Wildman–Crippen MR) is 152 cm³/mol. The summed E-state index contributed by atoms with van der Waals surface area (Å²) < 4.78 is 26.7. The van der Waals surface area contributed by atoms with E-state index in [0.717, 1.165) is 42.5 Å². The van der Waals surface area contributed by atoms with Crippen molar-refractivity contribution in [2.75, 3.05) is 13.6 Å². The van der Waals surface area contributed by atoms with E-state index >= 15 is 0 Å². The number of aryl methyl sites for hydroxylation is 1. The number of benzene rings is 3. The summed E-state index contributed by atoms with van der Waals surface area (Å²) in [6.45, 7) is 1.52. The number of para-hydroxylation sites is 1. The number of nitrogens with zero attached hydrogens (tertiary/aromatic N) is 1. The van der Waals surface area contributed by atoms with Gasteiger partial charge < -0.3 is 4.98 Å². The molecule has 0 fully saturated rings. The van der Waals surface area contributed by atoms with Gasteiger partial charge in [0.05, 0.1) is 4.90 Å². The summed E-state index contributed by atoms with van der Waals surface area (Å²) in [5.74, 6) is -0.564. The molecule has 1 unspecified atom stereocenters. The van der Waals surface area contributed by atoms with Crippen LogP contribution < -0.4 is 10.2 Å². The first-order valence-corrected chi connectivity index (χ1v) is 14.4. The fourth-order valence-corrected chi connectivity index (χ4v) is 6.11. The Balaban J connectivity index is 1.41. The molecule has 9 heteroatoms. The molecule has 5 rings (SSSR count). The first-order valence-electron chi connectivity index (χ1n) is 12.9. The number of sulfonamides is 1. The summed E-state index contributed by atoms with van der Waals surface area (Å²) in [6, 6.07) is 21.8. The highest BCUT2D eigenvalue weighted by molar-refractivity contribution is 7.89. The smallest absolute Gasteiger partial charge is 0.267 e. The molecular formula is C30H32N4O4S. The number of rotatable bonds is 10. The number of nitrogens with one attached hydrogen (secondary N) is 3. The number of H-pyrrole nitrogens is 1. The van der Waals surface area contributed by atoms with Crippen LogP contribution in [0.2, 0.25) is 0 Å². The van der Waals surface area contributed by atoms with Crippen LogP contribution in [0.5, 0.6) is 0 Å². The molecule has 1 aliphatic rings. The molecule has 1 heterocycles. The monoisotopic (exact) mass is 544 g/mol. The van der Waals surface area contributed by atoms with Crippen molar-refractivity contribution in [3.8, 4) is 0 Å². The SMILES string of the molecule is CNS(=O)(=O)c1ccc(CN(CCc2c[nH]c3ccccc23)C2CCc3cc(C=CC(=O)NO)ccc32)cc1. The molecule has 1 atom stereocenters. The van der Waals surface area contributed by atoms with E-state index in [1.54, 1.807) is 23.7 Å². The lowest BCUT2D eigenvalue weighted by molar-refractivity contribution is -0.124. The topological polar surface area (TPSA) is 115 Å². The van der Waals surface area contributed by atoms with Crippen molar-refractivity contribution in [2.45, 2.75) is 36.7 Å². The Hall–Kier alpha value is -3.76. The molecule has 0 saturated heterocycles. The van der Waals surface area contributed by atoms with Gasteiger partial charge in [-0.25, -0.2) is 18.6 Å². The number of carbonyl (C=O) groups is 1. The van der Waals surface area contributed by atoms with Crippen LogP contribution >= 0.6 is 0 Å². The number of aromatic amines is 1. The molecule has 0 radical (unpaired) electrons. The Labute approximate surface area is 228 Å². The third-order valence-corrected chi connectivity index (χ3v) is 8.85. The van der Waals surface area contributed by atoms with E-state index in [2.05, 4.69) is 51.1 Å². The minimum atomic E-state index is -3.49. The summed E-state index contributed by atoms with van der Waals surface area (Å²) in [4.78, 5) is 17.5. The van der Waals surface area contributed by atoms with Gasteiger partial charge in [0.1, 0.15) is 0 Å². The van der Waals surface area contributed by atoms with Crippen LogP contribution in [0.4, 0.5) is 0 Å². The molecule has 0 aliphatic heterocycles. The maximum atomic E-state index is 12.2. The lowest BCUT2D eigenvalue weighted by Gasteiger charge is -2.30. The second-order valence-electron chi connectivity index (χ2n) is 9.75. The highest BCUT2D eigenvalue weighted by atomic mass is 32.2. The number of amides is 1. The Morgan fingerprint density at radius 2 is 1.92 bits per heavy atom. The normalized spacial score (nSPS) is 15.3. The van der Waals surface area contributed by atoms with E-state index in [9.17, 15) is 13.2 Å².